The van der Waals surface area contributed by atoms with Crippen molar-refractivity contribution >= 4 is 5.69 Å². The van der Waals surface area contributed by atoms with E-state index in [-0.39, 0.29) is 10.6 Å². The number of benzene rings is 1. The summed E-state index contributed by atoms with van der Waals surface area (Å²) in [5.74, 6) is 0. The lowest BCUT2D eigenvalue weighted by atomic mass is 10.1. The first-order valence-corrected chi connectivity index (χ1v) is 6.32. The second-order valence-electron chi connectivity index (χ2n) is 4.49. The quantitative estimate of drug-likeness (QED) is 0.478. The molecule has 0 saturated carbocycles. The molecule has 1 atom stereocenters. The van der Waals surface area contributed by atoms with Crippen molar-refractivity contribution in [2.45, 2.75) is 31.9 Å². The van der Waals surface area contributed by atoms with Crippen LogP contribution in [0.3, 0.4) is 0 Å². The molecule has 0 radical (unpaired) electrons. The van der Waals surface area contributed by atoms with Gasteiger partial charge in [0.25, 0.3) is 5.69 Å². The summed E-state index contributed by atoms with van der Waals surface area (Å²) in [5.41, 5.74) is 0.914. The predicted octanol–water partition coefficient (Wildman–Crippen LogP) is 2.25. The molecule has 0 bridgehead atoms. The molecule has 1 heterocycles. The molecule has 1 N–H and O–H groups in total. The first kappa shape index (κ1) is 13.0. The topological polar surface area (TPSA) is 64.4 Å². The van der Waals surface area contributed by atoms with Gasteiger partial charge in [-0.15, -0.1) is 0 Å². The molecule has 1 aromatic rings. The highest BCUT2D eigenvalue weighted by Gasteiger charge is 2.15. The standard InChI is InChI=1S/C13H18N2O3/c16-15(17)13-6-2-1-4-11(13)10-14-8-7-12-5-3-9-18-12/h1-2,4,6,12,14H,3,5,7-10H2. The summed E-state index contributed by atoms with van der Waals surface area (Å²) in [7, 11) is 0. The van der Waals surface area contributed by atoms with Crippen LogP contribution in [0.1, 0.15) is 24.8 Å². The maximum atomic E-state index is 10.8. The Hall–Kier alpha value is -1.46. The average molecular weight is 250 g/mol. The maximum Gasteiger partial charge on any atom is 0.273 e. The fourth-order valence-electron chi connectivity index (χ4n) is 2.20. The second-order valence-corrected chi connectivity index (χ2v) is 4.49. The molecule has 5 nitrogen and oxygen atoms in total. The number of rotatable bonds is 6. The Morgan fingerprint density at radius 2 is 2.28 bits per heavy atom. The number of nitrogens with zero attached hydrogens (tertiary/aromatic N) is 1. The third-order valence-corrected chi connectivity index (χ3v) is 3.17. The Bertz CT molecular complexity index is 403. The molecule has 1 aliphatic rings. The van der Waals surface area contributed by atoms with Crippen molar-refractivity contribution in [1.29, 1.82) is 0 Å². The second kappa shape index (κ2) is 6.47. The van der Waals surface area contributed by atoms with Gasteiger partial charge in [-0.1, -0.05) is 18.2 Å². The zero-order chi connectivity index (χ0) is 12.8. The molecule has 1 aliphatic heterocycles. The SMILES string of the molecule is O=[N+]([O-])c1ccccc1CNCCC1CCCO1. The molecule has 1 saturated heterocycles. The molecule has 18 heavy (non-hydrogen) atoms. The van der Waals surface area contributed by atoms with Crippen LogP contribution in [0.5, 0.6) is 0 Å². The van der Waals surface area contributed by atoms with Crippen LogP contribution < -0.4 is 5.32 Å². The van der Waals surface area contributed by atoms with Crippen LogP contribution in [-0.2, 0) is 11.3 Å². The van der Waals surface area contributed by atoms with E-state index in [0.29, 0.717) is 12.6 Å². The maximum absolute atomic E-state index is 10.8. The number of hydrogen-bond donors (Lipinski definition) is 1. The fraction of sp³-hybridized carbons (Fsp3) is 0.538. The van der Waals surface area contributed by atoms with Crippen LogP contribution in [0.15, 0.2) is 24.3 Å². The zero-order valence-electron chi connectivity index (χ0n) is 10.3. The number of nitro groups is 1. The van der Waals surface area contributed by atoms with Gasteiger partial charge in [0.2, 0.25) is 0 Å². The number of ether oxygens (including phenoxy) is 1. The van der Waals surface area contributed by atoms with Gasteiger partial charge in [-0.25, -0.2) is 0 Å². The van der Waals surface area contributed by atoms with E-state index in [1.54, 1.807) is 12.1 Å². The van der Waals surface area contributed by atoms with Crippen molar-refractivity contribution in [2.75, 3.05) is 13.2 Å². The third kappa shape index (κ3) is 3.51. The van der Waals surface area contributed by atoms with E-state index in [2.05, 4.69) is 5.32 Å². The van der Waals surface area contributed by atoms with Gasteiger partial charge in [0.05, 0.1) is 11.0 Å². The number of hydrogen-bond acceptors (Lipinski definition) is 4. The molecule has 0 aliphatic carbocycles. The van der Waals surface area contributed by atoms with Gasteiger partial charge in [0.15, 0.2) is 0 Å². The van der Waals surface area contributed by atoms with Gasteiger partial charge in [-0.05, 0) is 25.8 Å². The number of nitro benzene ring substituents is 1. The molecule has 98 valence electrons. The highest BCUT2D eigenvalue weighted by atomic mass is 16.6. The fourth-order valence-corrected chi connectivity index (χ4v) is 2.20. The Kier molecular flexibility index (Phi) is 4.66. The summed E-state index contributed by atoms with van der Waals surface area (Å²) >= 11 is 0. The molecule has 5 heteroatoms. The van der Waals surface area contributed by atoms with Crippen LogP contribution in [0.4, 0.5) is 5.69 Å². The minimum atomic E-state index is -0.336. The smallest absolute Gasteiger partial charge is 0.273 e. The van der Waals surface area contributed by atoms with Crippen LogP contribution >= 0.6 is 0 Å². The molecule has 0 amide bonds. The summed E-state index contributed by atoms with van der Waals surface area (Å²) in [4.78, 5) is 10.5. The molecular weight excluding hydrogens is 232 g/mol. The largest absolute Gasteiger partial charge is 0.378 e. The van der Waals surface area contributed by atoms with Crippen LogP contribution in [0.25, 0.3) is 0 Å². The Morgan fingerprint density at radius 1 is 1.44 bits per heavy atom. The van der Waals surface area contributed by atoms with Crippen LogP contribution in [0.2, 0.25) is 0 Å². The Morgan fingerprint density at radius 3 is 3.00 bits per heavy atom. The Labute approximate surface area is 106 Å². The highest BCUT2D eigenvalue weighted by molar-refractivity contribution is 5.39. The lowest BCUT2D eigenvalue weighted by molar-refractivity contribution is -0.385. The molecule has 2 rings (SSSR count). The van der Waals surface area contributed by atoms with Crippen LogP contribution in [0, 0.1) is 10.1 Å². The van der Waals surface area contributed by atoms with E-state index in [4.69, 9.17) is 4.74 Å². The monoisotopic (exact) mass is 250 g/mol. The predicted molar refractivity (Wildman–Crippen MR) is 68.4 cm³/mol. The van der Waals surface area contributed by atoms with E-state index in [9.17, 15) is 10.1 Å². The number of nitrogens with one attached hydrogen (secondary N) is 1. The van der Waals surface area contributed by atoms with Gasteiger partial charge in [0.1, 0.15) is 0 Å². The van der Waals surface area contributed by atoms with E-state index in [1.807, 2.05) is 6.07 Å². The van der Waals surface area contributed by atoms with Crippen molar-refractivity contribution < 1.29 is 9.66 Å². The van der Waals surface area contributed by atoms with Crippen molar-refractivity contribution in [3.63, 3.8) is 0 Å². The van der Waals surface area contributed by atoms with E-state index >= 15 is 0 Å². The molecular formula is C13H18N2O3. The first-order chi connectivity index (χ1) is 8.77. The van der Waals surface area contributed by atoms with E-state index < -0.39 is 0 Å². The molecule has 1 aromatic carbocycles. The van der Waals surface area contributed by atoms with Crippen LogP contribution in [-0.4, -0.2) is 24.2 Å². The highest BCUT2D eigenvalue weighted by Crippen LogP contribution is 2.17. The Balaban J connectivity index is 1.77. The normalized spacial score (nSPS) is 19.0. The third-order valence-electron chi connectivity index (χ3n) is 3.17. The summed E-state index contributed by atoms with van der Waals surface area (Å²) in [5, 5.41) is 14.1. The van der Waals surface area contributed by atoms with Gasteiger partial charge < -0.3 is 10.1 Å². The summed E-state index contributed by atoms with van der Waals surface area (Å²) < 4.78 is 5.52. The average Bonchev–Trinajstić information content (AvgIpc) is 2.88. The first-order valence-electron chi connectivity index (χ1n) is 6.32. The number of para-hydroxylation sites is 1. The molecule has 1 unspecified atom stereocenters. The summed E-state index contributed by atoms with van der Waals surface area (Å²) in [6, 6.07) is 6.84. The lowest BCUT2D eigenvalue weighted by Gasteiger charge is -2.10. The summed E-state index contributed by atoms with van der Waals surface area (Å²) in [6.45, 7) is 2.23. The van der Waals surface area contributed by atoms with Gasteiger partial charge in [-0.2, -0.15) is 0 Å². The van der Waals surface area contributed by atoms with E-state index in [1.165, 1.54) is 6.07 Å². The van der Waals surface area contributed by atoms with Crippen molar-refractivity contribution in [2.24, 2.45) is 0 Å². The van der Waals surface area contributed by atoms with E-state index in [0.717, 1.165) is 38.0 Å². The molecule has 0 aromatic heterocycles. The minimum Gasteiger partial charge on any atom is -0.378 e. The molecule has 1 fully saturated rings. The van der Waals surface area contributed by atoms with Gasteiger partial charge in [-0.3, -0.25) is 10.1 Å². The minimum absolute atomic E-state index is 0.183. The van der Waals surface area contributed by atoms with Crippen molar-refractivity contribution in [3.05, 3.63) is 39.9 Å². The van der Waals surface area contributed by atoms with Crippen molar-refractivity contribution in [3.8, 4) is 0 Å². The summed E-state index contributed by atoms with van der Waals surface area (Å²) in [6.07, 6.45) is 3.62. The van der Waals surface area contributed by atoms with Gasteiger partial charge in [0, 0.05) is 24.8 Å². The zero-order valence-corrected chi connectivity index (χ0v) is 10.3. The van der Waals surface area contributed by atoms with Gasteiger partial charge >= 0.3 is 0 Å². The van der Waals surface area contributed by atoms with Crippen molar-refractivity contribution in [1.82, 2.24) is 5.32 Å². The molecule has 0 spiro atoms. The lowest BCUT2D eigenvalue weighted by Crippen LogP contribution is -2.20.